The number of halogens is 4. The second kappa shape index (κ2) is 8.32. The van der Waals surface area contributed by atoms with E-state index in [4.69, 9.17) is 33.7 Å². The number of ether oxygens (including phenoxy) is 1. The topological polar surface area (TPSA) is 103 Å². The van der Waals surface area contributed by atoms with E-state index in [-0.39, 0.29) is 39.9 Å². The van der Waals surface area contributed by atoms with Crippen LogP contribution in [0.15, 0.2) is 36.4 Å². The van der Waals surface area contributed by atoms with Gasteiger partial charge in [-0.2, -0.15) is 15.0 Å². The molecule has 2 aromatic carbocycles. The molecular formula is C17H11Cl2F2N5O2. The van der Waals surface area contributed by atoms with Crippen molar-refractivity contribution in [1.29, 1.82) is 0 Å². The van der Waals surface area contributed by atoms with E-state index in [9.17, 15) is 13.6 Å². The van der Waals surface area contributed by atoms with Crippen LogP contribution < -0.4 is 11.1 Å². The van der Waals surface area contributed by atoms with Crippen molar-refractivity contribution in [3.8, 4) is 0 Å². The zero-order valence-electron chi connectivity index (χ0n) is 13.9. The zero-order chi connectivity index (χ0) is 20.3. The third kappa shape index (κ3) is 4.81. The Morgan fingerprint density at radius 1 is 1.07 bits per heavy atom. The second-order valence-electron chi connectivity index (χ2n) is 5.39. The number of esters is 1. The number of benzene rings is 2. The number of rotatable bonds is 5. The van der Waals surface area contributed by atoms with Crippen LogP contribution in [0.3, 0.4) is 0 Å². The number of hydrogen-bond acceptors (Lipinski definition) is 7. The number of nitrogen functional groups attached to an aromatic ring is 1. The lowest BCUT2D eigenvalue weighted by atomic mass is 10.2. The first-order chi connectivity index (χ1) is 13.3. The highest BCUT2D eigenvalue weighted by atomic mass is 35.5. The van der Waals surface area contributed by atoms with E-state index in [0.717, 1.165) is 12.1 Å². The van der Waals surface area contributed by atoms with E-state index in [0.29, 0.717) is 5.69 Å². The maximum absolute atomic E-state index is 13.5. The smallest absolute Gasteiger partial charge is 0.340 e. The summed E-state index contributed by atoms with van der Waals surface area (Å²) >= 11 is 11.5. The van der Waals surface area contributed by atoms with E-state index in [1.165, 1.54) is 24.3 Å². The molecule has 3 aromatic rings. The number of anilines is 3. The van der Waals surface area contributed by atoms with Gasteiger partial charge in [0.25, 0.3) is 0 Å². The van der Waals surface area contributed by atoms with Crippen LogP contribution in [0, 0.1) is 11.6 Å². The van der Waals surface area contributed by atoms with Crippen molar-refractivity contribution in [3.63, 3.8) is 0 Å². The van der Waals surface area contributed by atoms with E-state index in [2.05, 4.69) is 20.3 Å². The monoisotopic (exact) mass is 425 g/mol. The quantitative estimate of drug-likeness (QED) is 0.467. The molecule has 28 heavy (non-hydrogen) atoms. The van der Waals surface area contributed by atoms with Gasteiger partial charge in [-0.05, 0) is 36.4 Å². The molecule has 0 spiro atoms. The summed E-state index contributed by atoms with van der Waals surface area (Å²) in [4.78, 5) is 23.9. The first kappa shape index (κ1) is 19.7. The van der Waals surface area contributed by atoms with Gasteiger partial charge in [0, 0.05) is 5.69 Å². The van der Waals surface area contributed by atoms with Crippen molar-refractivity contribution in [2.24, 2.45) is 0 Å². The number of nitrogens with zero attached hydrogens (tertiary/aromatic N) is 3. The molecule has 0 aliphatic rings. The predicted molar refractivity (Wildman–Crippen MR) is 99.5 cm³/mol. The summed E-state index contributed by atoms with van der Waals surface area (Å²) in [7, 11) is 0. The van der Waals surface area contributed by atoms with Gasteiger partial charge in [-0.25, -0.2) is 13.6 Å². The van der Waals surface area contributed by atoms with Gasteiger partial charge in [0.15, 0.2) is 12.4 Å². The number of nitrogens with one attached hydrogen (secondary N) is 1. The second-order valence-corrected chi connectivity index (χ2v) is 6.20. The highest BCUT2D eigenvalue weighted by molar-refractivity contribution is 6.36. The molecular weight excluding hydrogens is 415 g/mol. The summed E-state index contributed by atoms with van der Waals surface area (Å²) in [5.74, 6) is -2.12. The maximum Gasteiger partial charge on any atom is 0.340 e. The fourth-order valence-corrected chi connectivity index (χ4v) is 2.57. The molecule has 1 aromatic heterocycles. The molecule has 0 atom stereocenters. The molecule has 0 fully saturated rings. The van der Waals surface area contributed by atoms with Crippen LogP contribution in [0.25, 0.3) is 0 Å². The van der Waals surface area contributed by atoms with Crippen LogP contribution in [0.4, 0.5) is 26.4 Å². The fourth-order valence-electron chi connectivity index (χ4n) is 2.11. The molecule has 3 rings (SSSR count). The average Bonchev–Trinajstić information content (AvgIpc) is 2.64. The van der Waals surface area contributed by atoms with E-state index >= 15 is 0 Å². The van der Waals surface area contributed by atoms with E-state index < -0.39 is 17.6 Å². The first-order valence-corrected chi connectivity index (χ1v) is 8.42. The van der Waals surface area contributed by atoms with Crippen LogP contribution in [-0.2, 0) is 11.3 Å². The highest BCUT2D eigenvalue weighted by Gasteiger charge is 2.16. The van der Waals surface area contributed by atoms with Gasteiger partial charge in [0.05, 0.1) is 15.6 Å². The summed E-state index contributed by atoms with van der Waals surface area (Å²) in [6.45, 7) is -0.371. The summed E-state index contributed by atoms with van der Waals surface area (Å²) in [6.07, 6.45) is 0. The van der Waals surface area contributed by atoms with Gasteiger partial charge in [0.1, 0.15) is 11.6 Å². The molecule has 0 aliphatic carbocycles. The number of carbonyl (C=O) groups is 1. The van der Waals surface area contributed by atoms with Crippen LogP contribution in [0.5, 0.6) is 0 Å². The minimum atomic E-state index is -0.896. The van der Waals surface area contributed by atoms with Crippen LogP contribution in [0.1, 0.15) is 16.2 Å². The molecule has 7 nitrogen and oxygen atoms in total. The van der Waals surface area contributed by atoms with Gasteiger partial charge in [-0.15, -0.1) is 0 Å². The molecule has 0 unspecified atom stereocenters. The highest BCUT2D eigenvalue weighted by Crippen LogP contribution is 2.25. The van der Waals surface area contributed by atoms with Crippen molar-refractivity contribution in [2.75, 3.05) is 11.1 Å². The van der Waals surface area contributed by atoms with Crippen molar-refractivity contribution in [2.45, 2.75) is 6.61 Å². The molecule has 1 heterocycles. The first-order valence-electron chi connectivity index (χ1n) is 7.66. The third-order valence-corrected chi connectivity index (χ3v) is 3.96. The standard InChI is InChI=1S/C17H11Cl2F2N5O2/c18-11-6-12(19)13(21)5-10(11)15(27)28-7-14-24-16(22)26-17(25-14)23-9-3-1-8(20)2-4-9/h1-6H,7H2,(H3,22,23,24,25,26). The van der Waals surface area contributed by atoms with Gasteiger partial charge >= 0.3 is 5.97 Å². The van der Waals surface area contributed by atoms with Crippen LogP contribution in [0.2, 0.25) is 10.0 Å². The van der Waals surface area contributed by atoms with E-state index in [1.807, 2.05) is 0 Å². The number of carbonyl (C=O) groups excluding carboxylic acids is 1. The number of nitrogens with two attached hydrogens (primary N) is 1. The lowest BCUT2D eigenvalue weighted by Gasteiger charge is -2.09. The summed E-state index contributed by atoms with van der Waals surface area (Å²) in [6, 6.07) is 7.43. The molecule has 0 saturated heterocycles. The summed E-state index contributed by atoms with van der Waals surface area (Å²) in [5, 5.41) is 2.54. The number of aromatic nitrogens is 3. The van der Waals surface area contributed by atoms with Gasteiger partial charge in [0.2, 0.25) is 11.9 Å². The third-order valence-electron chi connectivity index (χ3n) is 3.36. The van der Waals surface area contributed by atoms with Gasteiger partial charge in [-0.1, -0.05) is 23.2 Å². The zero-order valence-corrected chi connectivity index (χ0v) is 15.4. The normalized spacial score (nSPS) is 10.6. The van der Waals surface area contributed by atoms with Crippen LogP contribution >= 0.6 is 23.2 Å². The molecule has 0 saturated carbocycles. The SMILES string of the molecule is Nc1nc(COC(=O)c2cc(F)c(Cl)cc2Cl)nc(Nc2ccc(F)cc2)n1. The van der Waals surface area contributed by atoms with Crippen molar-refractivity contribution < 1.29 is 18.3 Å². The summed E-state index contributed by atoms with van der Waals surface area (Å²) in [5.41, 5.74) is 5.94. The predicted octanol–water partition coefficient (Wildman–Crippen LogP) is 4.14. The maximum atomic E-state index is 13.5. The Hall–Kier alpha value is -3.04. The van der Waals surface area contributed by atoms with Crippen molar-refractivity contribution in [1.82, 2.24) is 15.0 Å². The Bertz CT molecular complexity index is 1030. The van der Waals surface area contributed by atoms with Crippen LogP contribution in [-0.4, -0.2) is 20.9 Å². The van der Waals surface area contributed by atoms with Gasteiger partial charge in [-0.3, -0.25) is 0 Å². The van der Waals surface area contributed by atoms with Crippen molar-refractivity contribution in [3.05, 3.63) is 69.5 Å². The lowest BCUT2D eigenvalue weighted by molar-refractivity contribution is 0.0462. The molecule has 3 N–H and O–H groups in total. The van der Waals surface area contributed by atoms with E-state index in [1.54, 1.807) is 0 Å². The Morgan fingerprint density at radius 3 is 2.50 bits per heavy atom. The molecule has 0 amide bonds. The fraction of sp³-hybridized carbons (Fsp3) is 0.0588. The summed E-state index contributed by atoms with van der Waals surface area (Å²) < 4.78 is 31.6. The molecule has 0 bridgehead atoms. The Morgan fingerprint density at radius 2 is 1.79 bits per heavy atom. The Labute approximate surface area is 167 Å². The Balaban J connectivity index is 1.72. The molecule has 11 heteroatoms. The molecule has 0 radical (unpaired) electrons. The number of hydrogen-bond donors (Lipinski definition) is 2. The molecule has 144 valence electrons. The Kier molecular flexibility index (Phi) is 5.86. The lowest BCUT2D eigenvalue weighted by Crippen LogP contribution is -2.11. The largest absolute Gasteiger partial charge is 0.454 e. The molecule has 0 aliphatic heterocycles. The minimum absolute atomic E-state index is 0.0380. The minimum Gasteiger partial charge on any atom is -0.454 e. The van der Waals surface area contributed by atoms with Crippen molar-refractivity contribution >= 4 is 46.8 Å². The van der Waals surface area contributed by atoms with Gasteiger partial charge < -0.3 is 15.8 Å². The average molecular weight is 426 g/mol.